The summed E-state index contributed by atoms with van der Waals surface area (Å²) in [6, 6.07) is 8.00. The Morgan fingerprint density at radius 3 is 2.81 bits per heavy atom. The van der Waals surface area contributed by atoms with Gasteiger partial charge < -0.3 is 10.1 Å². The summed E-state index contributed by atoms with van der Waals surface area (Å²) in [4.78, 5) is 14.7. The normalized spacial score (nSPS) is 10.2. The van der Waals surface area contributed by atoms with E-state index in [0.717, 1.165) is 5.56 Å². The highest BCUT2D eigenvalue weighted by atomic mass is 35.5. The monoisotopic (exact) mass is 307 g/mol. The van der Waals surface area contributed by atoms with Gasteiger partial charge in [0.2, 0.25) is 0 Å². The number of pyridine rings is 1. The van der Waals surface area contributed by atoms with Crippen LogP contribution in [0, 0.1) is 17.0 Å². The second kappa shape index (κ2) is 6.41. The van der Waals surface area contributed by atoms with Crippen LogP contribution in [-0.2, 0) is 0 Å². The molecular formula is C14H14ClN3O3. The number of halogens is 1. The number of nitrogens with zero attached hydrogens (tertiary/aromatic N) is 2. The molecule has 2 rings (SSSR count). The van der Waals surface area contributed by atoms with Gasteiger partial charge in [-0.05, 0) is 37.6 Å². The van der Waals surface area contributed by atoms with E-state index in [0.29, 0.717) is 23.1 Å². The van der Waals surface area contributed by atoms with Gasteiger partial charge in [0.25, 0.3) is 0 Å². The van der Waals surface area contributed by atoms with Gasteiger partial charge in [0.15, 0.2) is 0 Å². The van der Waals surface area contributed by atoms with E-state index in [-0.39, 0.29) is 11.6 Å². The first-order chi connectivity index (χ1) is 10.0. The number of nitrogens with one attached hydrogen (secondary N) is 1. The van der Waals surface area contributed by atoms with Crippen LogP contribution < -0.4 is 10.1 Å². The van der Waals surface area contributed by atoms with E-state index >= 15 is 0 Å². The van der Waals surface area contributed by atoms with Crippen molar-refractivity contribution in [3.05, 3.63) is 51.0 Å². The van der Waals surface area contributed by atoms with Gasteiger partial charge in [0, 0.05) is 17.6 Å². The number of aryl methyl sites for hydroxylation is 1. The summed E-state index contributed by atoms with van der Waals surface area (Å²) in [5.74, 6) is 0.883. The Bertz CT molecular complexity index is 677. The molecule has 7 heteroatoms. The fourth-order valence-electron chi connectivity index (χ4n) is 1.71. The van der Waals surface area contributed by atoms with Crippen molar-refractivity contribution < 1.29 is 9.66 Å². The van der Waals surface area contributed by atoms with Gasteiger partial charge in [-0.3, -0.25) is 10.1 Å². The lowest BCUT2D eigenvalue weighted by Gasteiger charge is -2.10. The van der Waals surface area contributed by atoms with Gasteiger partial charge in [-0.2, -0.15) is 4.98 Å². The fourth-order valence-corrected chi connectivity index (χ4v) is 1.88. The number of ether oxygens (including phenoxy) is 1. The Hall–Kier alpha value is -2.34. The molecule has 0 amide bonds. The minimum absolute atomic E-state index is 0.0659. The highest BCUT2D eigenvalue weighted by Crippen LogP contribution is 2.33. The molecule has 0 fully saturated rings. The SMILES string of the molecule is CCNc1ccc([N+](=O)[O-])c(Oc2cc(Cl)ccc2C)n1. The van der Waals surface area contributed by atoms with Gasteiger partial charge in [-0.15, -0.1) is 0 Å². The second-order valence-corrected chi connectivity index (χ2v) is 4.76. The number of nitro groups is 1. The maximum absolute atomic E-state index is 11.1. The molecule has 21 heavy (non-hydrogen) atoms. The number of benzene rings is 1. The van der Waals surface area contributed by atoms with Crippen LogP contribution in [0.25, 0.3) is 0 Å². The summed E-state index contributed by atoms with van der Waals surface area (Å²) in [7, 11) is 0. The van der Waals surface area contributed by atoms with Crippen molar-refractivity contribution in [2.24, 2.45) is 0 Å². The first-order valence-corrected chi connectivity index (χ1v) is 6.72. The molecule has 0 saturated carbocycles. The van der Waals surface area contributed by atoms with Crippen molar-refractivity contribution in [2.45, 2.75) is 13.8 Å². The molecule has 0 unspecified atom stereocenters. The van der Waals surface area contributed by atoms with Gasteiger partial charge in [0.05, 0.1) is 4.92 Å². The summed E-state index contributed by atoms with van der Waals surface area (Å²) >= 11 is 5.92. The summed E-state index contributed by atoms with van der Waals surface area (Å²) in [6.45, 7) is 4.39. The zero-order chi connectivity index (χ0) is 15.4. The highest BCUT2D eigenvalue weighted by Gasteiger charge is 2.19. The van der Waals surface area contributed by atoms with Crippen molar-refractivity contribution in [3.8, 4) is 11.6 Å². The van der Waals surface area contributed by atoms with E-state index in [1.807, 2.05) is 13.8 Å². The van der Waals surface area contributed by atoms with Crippen molar-refractivity contribution in [2.75, 3.05) is 11.9 Å². The van der Waals surface area contributed by atoms with E-state index in [2.05, 4.69) is 10.3 Å². The Morgan fingerprint density at radius 1 is 1.38 bits per heavy atom. The first kappa shape index (κ1) is 15.1. The summed E-state index contributed by atoms with van der Waals surface area (Å²) < 4.78 is 5.59. The summed E-state index contributed by atoms with van der Waals surface area (Å²) in [5.41, 5.74) is 0.611. The number of rotatable bonds is 5. The molecule has 0 bridgehead atoms. The van der Waals surface area contributed by atoms with Crippen LogP contribution in [-0.4, -0.2) is 16.5 Å². The van der Waals surface area contributed by atoms with Gasteiger partial charge in [0.1, 0.15) is 11.6 Å². The Kier molecular flexibility index (Phi) is 4.59. The number of hydrogen-bond acceptors (Lipinski definition) is 5. The molecular weight excluding hydrogens is 294 g/mol. The Morgan fingerprint density at radius 2 is 2.14 bits per heavy atom. The zero-order valence-corrected chi connectivity index (χ0v) is 12.3. The molecule has 0 aliphatic heterocycles. The molecule has 0 radical (unpaired) electrons. The molecule has 1 heterocycles. The Balaban J connectivity index is 2.43. The standard InChI is InChI=1S/C14H14ClN3O3/c1-3-16-13-7-6-11(18(19)20)14(17-13)21-12-8-10(15)5-4-9(12)2/h4-8H,3H2,1-2H3,(H,16,17). The van der Waals surface area contributed by atoms with Gasteiger partial charge in [-0.25, -0.2) is 0 Å². The van der Waals surface area contributed by atoms with Crippen LogP contribution in [0.3, 0.4) is 0 Å². The highest BCUT2D eigenvalue weighted by molar-refractivity contribution is 6.30. The minimum Gasteiger partial charge on any atom is -0.433 e. The molecule has 0 aliphatic rings. The quantitative estimate of drug-likeness (QED) is 0.662. The number of aromatic nitrogens is 1. The largest absolute Gasteiger partial charge is 0.433 e. The summed E-state index contributed by atoms with van der Waals surface area (Å²) in [6.07, 6.45) is 0. The molecule has 0 aliphatic carbocycles. The maximum Gasteiger partial charge on any atom is 0.331 e. The van der Waals surface area contributed by atoms with Crippen LogP contribution in [0.15, 0.2) is 30.3 Å². The zero-order valence-electron chi connectivity index (χ0n) is 11.6. The molecule has 1 N–H and O–H groups in total. The van der Waals surface area contributed by atoms with Crippen molar-refractivity contribution in [3.63, 3.8) is 0 Å². The molecule has 1 aromatic carbocycles. The van der Waals surface area contributed by atoms with Crippen LogP contribution in [0.4, 0.5) is 11.5 Å². The molecule has 2 aromatic rings. The molecule has 110 valence electrons. The molecule has 6 nitrogen and oxygen atoms in total. The van der Waals surface area contributed by atoms with Crippen molar-refractivity contribution in [1.82, 2.24) is 4.98 Å². The smallest absolute Gasteiger partial charge is 0.331 e. The van der Waals surface area contributed by atoms with E-state index in [9.17, 15) is 10.1 Å². The molecule has 0 atom stereocenters. The van der Waals surface area contributed by atoms with Crippen molar-refractivity contribution >= 4 is 23.1 Å². The Labute approximate surface area is 126 Å². The maximum atomic E-state index is 11.1. The molecule has 0 spiro atoms. The lowest BCUT2D eigenvalue weighted by molar-refractivity contribution is -0.386. The molecule has 1 aromatic heterocycles. The van der Waals surface area contributed by atoms with Crippen LogP contribution >= 0.6 is 11.6 Å². The van der Waals surface area contributed by atoms with E-state index < -0.39 is 4.92 Å². The molecule has 0 saturated heterocycles. The van der Waals surface area contributed by atoms with E-state index in [1.54, 1.807) is 24.3 Å². The van der Waals surface area contributed by atoms with Crippen LogP contribution in [0.1, 0.15) is 12.5 Å². The van der Waals surface area contributed by atoms with E-state index in [4.69, 9.17) is 16.3 Å². The number of hydrogen-bond donors (Lipinski definition) is 1. The minimum atomic E-state index is -0.530. The third-order valence-electron chi connectivity index (χ3n) is 2.75. The lowest BCUT2D eigenvalue weighted by atomic mass is 10.2. The lowest BCUT2D eigenvalue weighted by Crippen LogP contribution is -2.02. The predicted octanol–water partition coefficient (Wildman–Crippen LogP) is 4.18. The number of anilines is 1. The van der Waals surface area contributed by atoms with E-state index in [1.165, 1.54) is 6.07 Å². The average Bonchev–Trinajstić information content (AvgIpc) is 2.43. The van der Waals surface area contributed by atoms with Crippen LogP contribution in [0.2, 0.25) is 5.02 Å². The van der Waals surface area contributed by atoms with Crippen LogP contribution in [0.5, 0.6) is 11.6 Å². The third kappa shape index (κ3) is 3.61. The van der Waals surface area contributed by atoms with Gasteiger partial charge >= 0.3 is 11.6 Å². The first-order valence-electron chi connectivity index (χ1n) is 6.34. The third-order valence-corrected chi connectivity index (χ3v) is 2.99. The summed E-state index contributed by atoms with van der Waals surface area (Å²) in [5, 5.41) is 14.5. The second-order valence-electron chi connectivity index (χ2n) is 4.32. The fraction of sp³-hybridized carbons (Fsp3) is 0.214. The average molecular weight is 308 g/mol. The van der Waals surface area contributed by atoms with Gasteiger partial charge in [-0.1, -0.05) is 17.7 Å². The topological polar surface area (TPSA) is 77.3 Å². The van der Waals surface area contributed by atoms with Crippen molar-refractivity contribution in [1.29, 1.82) is 0 Å². The predicted molar refractivity (Wildman–Crippen MR) is 81.3 cm³/mol.